The highest BCUT2D eigenvalue weighted by Gasteiger charge is 2.32. The molecule has 1 unspecified atom stereocenters. The molecule has 5 nitrogen and oxygen atoms in total. The van der Waals surface area contributed by atoms with E-state index in [0.29, 0.717) is 17.3 Å². The van der Waals surface area contributed by atoms with Crippen molar-refractivity contribution in [3.8, 4) is 0 Å². The van der Waals surface area contributed by atoms with Crippen molar-refractivity contribution in [2.75, 3.05) is 17.7 Å². The normalized spacial score (nSPS) is 20.8. The Morgan fingerprint density at radius 2 is 2.25 bits per heavy atom. The van der Waals surface area contributed by atoms with E-state index in [1.807, 2.05) is 44.2 Å². The zero-order valence-electron chi connectivity index (χ0n) is 11.5. The molecule has 1 atom stereocenters. The second kappa shape index (κ2) is 5.92. The Hall–Kier alpha value is -2.08. The maximum absolute atomic E-state index is 5.91. The third-order valence-corrected chi connectivity index (χ3v) is 3.37. The van der Waals surface area contributed by atoms with Gasteiger partial charge in [-0.1, -0.05) is 12.1 Å². The van der Waals surface area contributed by atoms with Gasteiger partial charge in [0.2, 0.25) is 5.05 Å². The molecule has 0 fully saturated rings. The summed E-state index contributed by atoms with van der Waals surface area (Å²) in [5, 5.41) is 6.85. The van der Waals surface area contributed by atoms with Crippen LogP contribution in [-0.4, -0.2) is 23.5 Å². The molecule has 0 saturated carbocycles. The second-order valence-electron chi connectivity index (χ2n) is 4.49. The van der Waals surface area contributed by atoms with E-state index in [4.69, 9.17) is 22.7 Å². The van der Waals surface area contributed by atoms with Crippen LogP contribution in [0.3, 0.4) is 0 Å². The summed E-state index contributed by atoms with van der Waals surface area (Å²) in [6.07, 6.45) is 3.52. The lowest BCUT2D eigenvalue weighted by Gasteiger charge is -2.31. The van der Waals surface area contributed by atoms with E-state index in [1.54, 1.807) is 6.21 Å². The van der Waals surface area contributed by atoms with Gasteiger partial charge in [0.05, 0.1) is 18.0 Å². The molecular weight excluding hydrogens is 272 g/mol. The Balaban J connectivity index is 2.12. The molecule has 0 bridgehead atoms. The maximum Gasteiger partial charge on any atom is 0.208 e. The Bertz CT molecular complexity index is 570. The lowest BCUT2D eigenvalue weighted by molar-refractivity contribution is 0.294. The monoisotopic (exact) mass is 290 g/mol. The topological polar surface area (TPSA) is 71.7 Å². The highest BCUT2D eigenvalue weighted by atomic mass is 32.1. The van der Waals surface area contributed by atoms with E-state index in [9.17, 15) is 0 Å². The fraction of sp³-hybridized carbons (Fsp3) is 0.286. The van der Waals surface area contributed by atoms with Gasteiger partial charge in [-0.15, -0.1) is 0 Å². The quantitative estimate of drug-likeness (QED) is 0.586. The number of nitrogens with zero attached hydrogens (tertiary/aromatic N) is 1. The predicted molar refractivity (Wildman–Crippen MR) is 86.8 cm³/mol. The molecule has 1 aromatic rings. The molecule has 1 aromatic carbocycles. The Morgan fingerprint density at radius 1 is 1.50 bits per heavy atom. The van der Waals surface area contributed by atoms with Gasteiger partial charge in [0.25, 0.3) is 0 Å². The van der Waals surface area contributed by atoms with E-state index >= 15 is 0 Å². The van der Waals surface area contributed by atoms with Gasteiger partial charge in [0.15, 0.2) is 5.66 Å². The van der Waals surface area contributed by atoms with Gasteiger partial charge < -0.3 is 21.1 Å². The van der Waals surface area contributed by atoms with E-state index < -0.39 is 5.66 Å². The van der Waals surface area contributed by atoms with Gasteiger partial charge in [0.1, 0.15) is 5.82 Å². The van der Waals surface area contributed by atoms with Crippen molar-refractivity contribution in [3.05, 3.63) is 36.2 Å². The molecular formula is C14H18N4OS. The Kier molecular flexibility index (Phi) is 4.24. The van der Waals surface area contributed by atoms with Crippen molar-refractivity contribution in [1.29, 1.82) is 0 Å². The van der Waals surface area contributed by atoms with Crippen molar-refractivity contribution in [3.63, 3.8) is 0 Å². The number of hydrogen-bond acceptors (Lipinski definition) is 6. The fourth-order valence-electron chi connectivity index (χ4n) is 1.80. The molecule has 4 N–H and O–H groups in total. The van der Waals surface area contributed by atoms with Crippen LogP contribution in [-0.2, 0) is 4.74 Å². The highest BCUT2D eigenvalue weighted by molar-refractivity contribution is 7.80. The van der Waals surface area contributed by atoms with Crippen LogP contribution in [0.4, 0.5) is 11.4 Å². The van der Waals surface area contributed by atoms with Crippen molar-refractivity contribution >= 4 is 34.9 Å². The number of rotatable bonds is 4. The number of allylic oxidation sites excluding steroid dienone is 1. The SMILES string of the molecule is CCOC(=S)C1(C)N=CC=C(Nc2ccccc2N)N1. The summed E-state index contributed by atoms with van der Waals surface area (Å²) in [5.41, 5.74) is 6.65. The molecule has 0 aromatic heterocycles. The molecule has 0 spiro atoms. The van der Waals surface area contributed by atoms with Gasteiger partial charge >= 0.3 is 0 Å². The van der Waals surface area contributed by atoms with Gasteiger partial charge in [-0.2, -0.15) is 0 Å². The first kappa shape index (κ1) is 14.3. The van der Waals surface area contributed by atoms with Crippen LogP contribution >= 0.6 is 12.2 Å². The minimum atomic E-state index is -0.758. The smallest absolute Gasteiger partial charge is 0.208 e. The summed E-state index contributed by atoms with van der Waals surface area (Å²) >= 11 is 5.25. The summed E-state index contributed by atoms with van der Waals surface area (Å²) in [4.78, 5) is 4.34. The lowest BCUT2D eigenvalue weighted by atomic mass is 10.2. The number of benzene rings is 1. The number of nitrogen functional groups attached to an aromatic ring is 1. The number of nitrogens with two attached hydrogens (primary N) is 1. The Morgan fingerprint density at radius 3 is 2.95 bits per heavy atom. The van der Waals surface area contributed by atoms with Crippen molar-refractivity contribution in [2.24, 2.45) is 4.99 Å². The molecule has 0 amide bonds. The van der Waals surface area contributed by atoms with Crippen molar-refractivity contribution in [2.45, 2.75) is 19.5 Å². The first-order valence-electron chi connectivity index (χ1n) is 6.37. The number of hydrogen-bond donors (Lipinski definition) is 3. The number of aliphatic imine (C=N–C) groups is 1. The van der Waals surface area contributed by atoms with Gasteiger partial charge in [0, 0.05) is 6.21 Å². The number of para-hydroxylation sites is 2. The van der Waals surface area contributed by atoms with Crippen LogP contribution in [0, 0.1) is 0 Å². The number of anilines is 2. The van der Waals surface area contributed by atoms with E-state index in [1.165, 1.54) is 0 Å². The second-order valence-corrected chi connectivity index (χ2v) is 4.86. The van der Waals surface area contributed by atoms with Gasteiger partial charge in [-0.05, 0) is 44.3 Å². The van der Waals surface area contributed by atoms with Crippen LogP contribution in [0.5, 0.6) is 0 Å². The summed E-state index contributed by atoms with van der Waals surface area (Å²) in [5.74, 6) is 0.766. The summed E-state index contributed by atoms with van der Waals surface area (Å²) in [7, 11) is 0. The van der Waals surface area contributed by atoms with E-state index in [2.05, 4.69) is 15.6 Å². The summed E-state index contributed by atoms with van der Waals surface area (Å²) < 4.78 is 5.38. The predicted octanol–water partition coefficient (Wildman–Crippen LogP) is 2.28. The third kappa shape index (κ3) is 3.08. The number of nitrogens with one attached hydrogen (secondary N) is 2. The average molecular weight is 290 g/mol. The minimum absolute atomic E-state index is 0.407. The van der Waals surface area contributed by atoms with Crippen molar-refractivity contribution in [1.82, 2.24) is 5.32 Å². The van der Waals surface area contributed by atoms with Crippen LogP contribution in [0.2, 0.25) is 0 Å². The zero-order valence-corrected chi connectivity index (χ0v) is 12.3. The zero-order chi connectivity index (χ0) is 14.6. The van der Waals surface area contributed by atoms with Crippen LogP contribution < -0.4 is 16.4 Å². The minimum Gasteiger partial charge on any atom is -0.484 e. The first-order valence-corrected chi connectivity index (χ1v) is 6.78. The molecule has 2 rings (SSSR count). The molecule has 1 aliphatic heterocycles. The van der Waals surface area contributed by atoms with Crippen LogP contribution in [0.15, 0.2) is 41.2 Å². The molecule has 106 valence electrons. The maximum atomic E-state index is 5.91. The lowest BCUT2D eigenvalue weighted by Crippen LogP contribution is -2.50. The molecule has 0 aliphatic carbocycles. The van der Waals surface area contributed by atoms with E-state index in [0.717, 1.165) is 11.5 Å². The molecule has 0 radical (unpaired) electrons. The first-order chi connectivity index (χ1) is 9.55. The standard InChI is InChI=1S/C14H18N4OS/c1-3-19-13(20)14(2)16-9-8-12(18-14)17-11-7-5-4-6-10(11)15/h4-9,17-18H,3,15H2,1-2H3. The average Bonchev–Trinajstić information content (AvgIpc) is 2.42. The summed E-state index contributed by atoms with van der Waals surface area (Å²) in [6.45, 7) is 4.27. The fourth-order valence-corrected chi connectivity index (χ4v) is 2.02. The molecule has 6 heteroatoms. The highest BCUT2D eigenvalue weighted by Crippen LogP contribution is 2.21. The van der Waals surface area contributed by atoms with Crippen LogP contribution in [0.1, 0.15) is 13.8 Å². The van der Waals surface area contributed by atoms with Gasteiger partial charge in [-0.3, -0.25) is 4.99 Å². The van der Waals surface area contributed by atoms with E-state index in [-0.39, 0.29) is 0 Å². The molecule has 1 aliphatic rings. The largest absolute Gasteiger partial charge is 0.484 e. The van der Waals surface area contributed by atoms with Crippen LogP contribution in [0.25, 0.3) is 0 Å². The van der Waals surface area contributed by atoms with Gasteiger partial charge in [-0.25, -0.2) is 0 Å². The molecule has 1 heterocycles. The Labute approximate surface area is 123 Å². The summed E-state index contributed by atoms with van der Waals surface area (Å²) in [6, 6.07) is 7.55. The number of ether oxygens (including phenoxy) is 1. The number of thiocarbonyl (C=S) groups is 1. The third-order valence-electron chi connectivity index (χ3n) is 2.86. The molecule has 20 heavy (non-hydrogen) atoms. The molecule has 0 saturated heterocycles. The van der Waals surface area contributed by atoms with Crippen molar-refractivity contribution < 1.29 is 4.74 Å².